The highest BCUT2D eigenvalue weighted by Gasteiger charge is 2.46. The van der Waals surface area contributed by atoms with Gasteiger partial charge in [0, 0.05) is 83.2 Å². The summed E-state index contributed by atoms with van der Waals surface area (Å²) >= 11 is 5.92. The van der Waals surface area contributed by atoms with Gasteiger partial charge in [-0.2, -0.15) is 0 Å². The van der Waals surface area contributed by atoms with Gasteiger partial charge in [0.1, 0.15) is 5.82 Å². The number of terminal acetylenes is 1. The zero-order valence-electron chi connectivity index (χ0n) is 34.9. The van der Waals surface area contributed by atoms with E-state index in [-0.39, 0.29) is 24.2 Å². The number of amides is 4. The molecule has 10 nitrogen and oxygen atoms in total. The highest BCUT2D eigenvalue weighted by Crippen LogP contribution is 2.34. The summed E-state index contributed by atoms with van der Waals surface area (Å²) < 4.78 is 72.3. The largest absolute Gasteiger partial charge is 0.332 e. The fraction of sp³-hybridized carbons (Fsp3) is 0.200. The zero-order chi connectivity index (χ0) is 47.0. The summed E-state index contributed by atoms with van der Waals surface area (Å²) in [6, 6.07) is 32.0. The van der Waals surface area contributed by atoms with E-state index in [4.69, 9.17) is 18.0 Å². The van der Waals surface area contributed by atoms with Crippen LogP contribution in [0.2, 0.25) is 5.02 Å². The number of hydrogen-bond acceptors (Lipinski definition) is 6. The zero-order valence-corrected chi connectivity index (χ0v) is 35.7. The monoisotopic (exact) mass is 918 g/mol. The van der Waals surface area contributed by atoms with E-state index in [1.165, 1.54) is 30.6 Å². The molecule has 4 amide bonds. The number of carbonyl (C=O) groups excluding carboxylic acids is 4. The van der Waals surface area contributed by atoms with E-state index >= 15 is 0 Å². The average Bonchev–Trinajstić information content (AvgIpc) is 3.30. The van der Waals surface area contributed by atoms with Crippen LogP contribution < -0.4 is 10.6 Å². The summed E-state index contributed by atoms with van der Waals surface area (Å²) in [6.45, 7) is -1.92. The van der Waals surface area contributed by atoms with Crippen LogP contribution in [0.3, 0.4) is 0 Å². The van der Waals surface area contributed by atoms with Crippen LogP contribution in [0.5, 0.6) is 0 Å². The standard InChI is InChI=1S/C26H20F3N3O2.C24H20ClF2N3O2/c1-2-17-4-3-5-23(10-17)31-24(33)21-14-26(28,29)16-32(15-21)25(34)20-11-19(12-22(27)13-20)18-6-8-30-9-7-18;25-19-7-4-8-20(12-19)29-22(31)18-13-24(26,27)15-30(14-18)23(32)17-6-3-5-16(11-17)21-9-1-2-10-28-21/h1,3-13,21H,14-16H2,(H,31,33);1-12,18H,13-15H2,(H,29,31). The lowest BCUT2D eigenvalue weighted by molar-refractivity contribution is -0.130. The summed E-state index contributed by atoms with van der Waals surface area (Å²) in [5, 5.41) is 5.63. The molecule has 0 spiro atoms. The highest BCUT2D eigenvalue weighted by molar-refractivity contribution is 6.30. The minimum absolute atomic E-state index is 0.0783. The molecule has 2 fully saturated rings. The number of anilines is 2. The number of nitrogens with zero attached hydrogens (tertiary/aromatic N) is 4. The van der Waals surface area contributed by atoms with Crippen LogP contribution in [0.1, 0.15) is 39.1 Å². The van der Waals surface area contributed by atoms with Crippen molar-refractivity contribution < 1.29 is 41.1 Å². The molecule has 0 radical (unpaired) electrons. The first-order chi connectivity index (χ1) is 31.5. The number of likely N-dealkylation sites (tertiary alicyclic amines) is 2. The molecule has 4 aromatic carbocycles. The molecule has 16 heteroatoms. The lowest BCUT2D eigenvalue weighted by Crippen LogP contribution is -2.52. The Kier molecular flexibility index (Phi) is 14.2. The molecule has 2 aromatic heterocycles. The van der Waals surface area contributed by atoms with E-state index in [0.717, 1.165) is 15.9 Å². The fourth-order valence-electron chi connectivity index (χ4n) is 7.74. The molecular weight excluding hydrogens is 879 g/mol. The van der Waals surface area contributed by atoms with Crippen LogP contribution in [0.4, 0.5) is 33.3 Å². The summed E-state index contributed by atoms with van der Waals surface area (Å²) in [4.78, 5) is 61.7. The van der Waals surface area contributed by atoms with Gasteiger partial charge < -0.3 is 20.4 Å². The molecule has 2 aliphatic heterocycles. The van der Waals surface area contributed by atoms with E-state index < -0.39 is 79.1 Å². The van der Waals surface area contributed by atoms with Crippen molar-refractivity contribution in [2.75, 3.05) is 36.8 Å². The van der Waals surface area contributed by atoms with Gasteiger partial charge in [0.15, 0.2) is 0 Å². The first kappa shape index (κ1) is 46.5. The molecule has 0 saturated carbocycles. The quantitative estimate of drug-likeness (QED) is 0.116. The molecule has 66 heavy (non-hydrogen) atoms. The number of piperidine rings is 2. The van der Waals surface area contributed by atoms with Gasteiger partial charge in [-0.1, -0.05) is 47.9 Å². The molecular formula is C50H40ClF5N6O4. The number of hydrogen-bond donors (Lipinski definition) is 2. The molecule has 2 saturated heterocycles. The highest BCUT2D eigenvalue weighted by atomic mass is 35.5. The van der Waals surface area contributed by atoms with Crippen LogP contribution in [-0.4, -0.2) is 81.4 Å². The van der Waals surface area contributed by atoms with Crippen molar-refractivity contribution in [3.8, 4) is 34.7 Å². The van der Waals surface area contributed by atoms with Gasteiger partial charge in [0.05, 0.1) is 30.6 Å². The Morgan fingerprint density at radius 2 is 1.23 bits per heavy atom. The molecule has 4 heterocycles. The number of carbonyl (C=O) groups is 4. The smallest absolute Gasteiger partial charge is 0.266 e. The molecule has 2 unspecified atom stereocenters. The molecule has 2 aliphatic rings. The average molecular weight is 919 g/mol. The van der Waals surface area contributed by atoms with E-state index in [9.17, 15) is 41.1 Å². The molecule has 2 N–H and O–H groups in total. The van der Waals surface area contributed by atoms with Crippen molar-refractivity contribution >= 4 is 46.6 Å². The number of pyridine rings is 2. The second-order valence-corrected chi connectivity index (χ2v) is 16.3. The topological polar surface area (TPSA) is 125 Å². The molecule has 2 atom stereocenters. The normalized spacial score (nSPS) is 17.3. The van der Waals surface area contributed by atoms with Crippen LogP contribution in [0.25, 0.3) is 22.4 Å². The number of benzene rings is 4. The van der Waals surface area contributed by atoms with Crippen LogP contribution >= 0.6 is 11.6 Å². The van der Waals surface area contributed by atoms with E-state index in [0.29, 0.717) is 44.3 Å². The van der Waals surface area contributed by atoms with Crippen molar-refractivity contribution in [2.24, 2.45) is 11.8 Å². The summed E-state index contributed by atoms with van der Waals surface area (Å²) in [5.74, 6) is -9.47. The van der Waals surface area contributed by atoms with E-state index in [1.807, 2.05) is 6.07 Å². The Balaban J connectivity index is 0.000000197. The minimum atomic E-state index is -3.28. The van der Waals surface area contributed by atoms with Crippen molar-refractivity contribution in [3.05, 3.63) is 167 Å². The van der Waals surface area contributed by atoms with Crippen molar-refractivity contribution in [2.45, 2.75) is 24.7 Å². The van der Waals surface area contributed by atoms with Crippen molar-refractivity contribution in [1.29, 1.82) is 0 Å². The van der Waals surface area contributed by atoms with Crippen molar-refractivity contribution in [3.63, 3.8) is 0 Å². The lowest BCUT2D eigenvalue weighted by Gasteiger charge is -2.37. The third kappa shape index (κ3) is 12.0. The maximum Gasteiger partial charge on any atom is 0.266 e. The molecule has 6 aromatic rings. The van der Waals surface area contributed by atoms with Gasteiger partial charge in [0.25, 0.3) is 23.7 Å². The van der Waals surface area contributed by atoms with E-state index in [1.54, 1.807) is 97.2 Å². The Bertz CT molecular complexity index is 2790. The Morgan fingerprint density at radius 3 is 1.83 bits per heavy atom. The van der Waals surface area contributed by atoms with Gasteiger partial charge >= 0.3 is 0 Å². The second-order valence-electron chi connectivity index (χ2n) is 15.9. The first-order valence-electron chi connectivity index (χ1n) is 20.6. The number of rotatable bonds is 8. The Hall–Kier alpha value is -7.44. The molecule has 336 valence electrons. The molecule has 0 aliphatic carbocycles. The first-order valence-corrected chi connectivity index (χ1v) is 20.9. The number of nitrogens with one attached hydrogen (secondary N) is 2. The lowest BCUT2D eigenvalue weighted by atomic mass is 9.93. The number of halogens is 6. The van der Waals surface area contributed by atoms with Crippen LogP contribution in [0.15, 0.2) is 140 Å². The number of aromatic nitrogens is 2. The Morgan fingerprint density at radius 1 is 0.636 bits per heavy atom. The van der Waals surface area contributed by atoms with Gasteiger partial charge in [-0.3, -0.25) is 29.1 Å². The third-order valence-corrected chi connectivity index (χ3v) is 11.0. The second kappa shape index (κ2) is 20.2. The number of alkyl halides is 4. The van der Waals surface area contributed by atoms with Gasteiger partial charge in [-0.15, -0.1) is 6.42 Å². The summed E-state index contributed by atoms with van der Waals surface area (Å²) in [6.07, 6.45) is 8.71. The Labute approximate surface area is 381 Å². The predicted molar refractivity (Wildman–Crippen MR) is 240 cm³/mol. The maximum absolute atomic E-state index is 14.5. The summed E-state index contributed by atoms with van der Waals surface area (Å²) in [5.41, 5.74) is 3.91. The van der Waals surface area contributed by atoms with Crippen molar-refractivity contribution in [1.82, 2.24) is 19.8 Å². The third-order valence-electron chi connectivity index (χ3n) is 10.7. The fourth-order valence-corrected chi connectivity index (χ4v) is 7.93. The van der Waals surface area contributed by atoms with E-state index in [2.05, 4.69) is 26.5 Å². The predicted octanol–water partition coefficient (Wildman–Crippen LogP) is 9.74. The maximum atomic E-state index is 14.5. The van der Waals surface area contributed by atoms with Gasteiger partial charge in [-0.25, -0.2) is 22.0 Å². The van der Waals surface area contributed by atoms with Gasteiger partial charge in [0.2, 0.25) is 11.8 Å². The molecule has 0 bridgehead atoms. The SMILES string of the molecule is C#Cc1cccc(NC(=O)C2CN(C(=O)c3cc(F)cc(-c4ccncc4)c3)CC(F)(F)C2)c1.O=C(Nc1cccc(Cl)c1)C1CN(C(=O)c2cccc(-c3ccccn3)c2)CC(F)(F)C1. The van der Waals surface area contributed by atoms with Gasteiger partial charge in [-0.05, 0) is 102 Å². The molecule has 8 rings (SSSR count). The van der Waals surface area contributed by atoms with Crippen LogP contribution in [-0.2, 0) is 9.59 Å². The minimum Gasteiger partial charge on any atom is -0.332 e. The summed E-state index contributed by atoms with van der Waals surface area (Å²) in [7, 11) is 0. The van der Waals surface area contributed by atoms with Crippen LogP contribution in [0, 0.1) is 30.0 Å².